The van der Waals surface area contributed by atoms with Gasteiger partial charge in [-0.25, -0.2) is 0 Å². The largest absolute Gasteiger partial charge is 0.350 e. The lowest BCUT2D eigenvalue weighted by atomic mass is 9.87. The van der Waals surface area contributed by atoms with Crippen molar-refractivity contribution >= 4 is 16.8 Å². The molecule has 1 heterocycles. The van der Waals surface area contributed by atoms with E-state index in [-0.39, 0.29) is 11.9 Å². The van der Waals surface area contributed by atoms with E-state index in [1.807, 2.05) is 42.1 Å². The van der Waals surface area contributed by atoms with Crippen molar-refractivity contribution in [3.63, 3.8) is 0 Å². The van der Waals surface area contributed by atoms with Gasteiger partial charge in [0.05, 0.1) is 11.6 Å². The van der Waals surface area contributed by atoms with Crippen molar-refractivity contribution in [3.8, 4) is 0 Å². The van der Waals surface area contributed by atoms with Crippen molar-refractivity contribution in [1.82, 2.24) is 9.88 Å². The minimum atomic E-state index is 0.0171. The Morgan fingerprint density at radius 3 is 2.83 bits per heavy atom. The van der Waals surface area contributed by atoms with E-state index < -0.39 is 0 Å². The highest BCUT2D eigenvalue weighted by molar-refractivity contribution is 6.07. The first-order valence-electron chi connectivity index (χ1n) is 8.17. The number of carbonyl (C=O) groups is 1. The fraction of sp³-hybridized carbons (Fsp3) is 0.250. The Morgan fingerprint density at radius 2 is 1.91 bits per heavy atom. The molecule has 116 valence electrons. The molecule has 3 heteroatoms. The number of aryl methyl sites for hydroxylation is 2. The van der Waals surface area contributed by atoms with E-state index in [4.69, 9.17) is 0 Å². The number of para-hydroxylation sites is 1. The molecule has 0 radical (unpaired) electrons. The smallest absolute Gasteiger partial charge is 0.253 e. The molecule has 4 rings (SSSR count). The second-order valence-corrected chi connectivity index (χ2v) is 6.29. The van der Waals surface area contributed by atoms with Crippen LogP contribution in [-0.4, -0.2) is 10.5 Å². The number of fused-ring (bicyclic) bond motifs is 2. The highest BCUT2D eigenvalue weighted by Crippen LogP contribution is 2.30. The Morgan fingerprint density at radius 1 is 1.13 bits per heavy atom. The van der Waals surface area contributed by atoms with Crippen molar-refractivity contribution in [2.45, 2.75) is 25.3 Å². The summed E-state index contributed by atoms with van der Waals surface area (Å²) >= 11 is 0. The van der Waals surface area contributed by atoms with E-state index in [1.165, 1.54) is 11.1 Å². The van der Waals surface area contributed by atoms with E-state index in [0.29, 0.717) is 0 Å². The molecule has 1 aliphatic carbocycles. The number of hydrogen-bond acceptors (Lipinski definition) is 1. The number of nitrogens with one attached hydrogen (secondary N) is 1. The summed E-state index contributed by atoms with van der Waals surface area (Å²) in [7, 11) is 1.98. The number of nitrogens with zero attached hydrogens (tertiary/aromatic N) is 1. The highest BCUT2D eigenvalue weighted by atomic mass is 16.1. The van der Waals surface area contributed by atoms with E-state index >= 15 is 0 Å². The molecule has 3 aromatic rings. The fourth-order valence-electron chi connectivity index (χ4n) is 3.66. The summed E-state index contributed by atoms with van der Waals surface area (Å²) in [5.74, 6) is 0.0171. The fourth-order valence-corrected chi connectivity index (χ4v) is 3.66. The first-order chi connectivity index (χ1) is 11.2. The summed E-state index contributed by atoms with van der Waals surface area (Å²) in [6, 6.07) is 16.6. The van der Waals surface area contributed by atoms with Crippen LogP contribution in [0.25, 0.3) is 10.9 Å². The summed E-state index contributed by atoms with van der Waals surface area (Å²) in [6.07, 6.45) is 5.16. The minimum absolute atomic E-state index is 0.0171. The average molecular weight is 304 g/mol. The minimum Gasteiger partial charge on any atom is -0.350 e. The maximum atomic E-state index is 12.8. The first-order valence-corrected chi connectivity index (χ1v) is 8.17. The average Bonchev–Trinajstić information content (AvgIpc) is 2.93. The van der Waals surface area contributed by atoms with Crippen molar-refractivity contribution < 1.29 is 4.79 Å². The lowest BCUT2D eigenvalue weighted by molar-refractivity contribution is 0.0934. The van der Waals surface area contributed by atoms with Gasteiger partial charge in [-0.15, -0.1) is 0 Å². The lowest BCUT2D eigenvalue weighted by Gasteiger charge is -2.26. The second-order valence-electron chi connectivity index (χ2n) is 6.29. The molecule has 0 bridgehead atoms. The zero-order valence-electron chi connectivity index (χ0n) is 13.3. The molecular weight excluding hydrogens is 284 g/mol. The number of amides is 1. The van der Waals surface area contributed by atoms with Gasteiger partial charge < -0.3 is 9.88 Å². The first kappa shape index (κ1) is 14.1. The molecule has 0 saturated carbocycles. The molecule has 0 spiro atoms. The normalized spacial score (nSPS) is 17.0. The third kappa shape index (κ3) is 2.42. The van der Waals surface area contributed by atoms with Gasteiger partial charge in [0, 0.05) is 24.1 Å². The predicted molar refractivity (Wildman–Crippen MR) is 92.5 cm³/mol. The molecule has 1 aromatic heterocycles. The van der Waals surface area contributed by atoms with Crippen LogP contribution in [0.1, 0.15) is 40.4 Å². The van der Waals surface area contributed by atoms with Gasteiger partial charge in [0.15, 0.2) is 0 Å². The topological polar surface area (TPSA) is 34.0 Å². The van der Waals surface area contributed by atoms with Crippen LogP contribution in [-0.2, 0) is 13.5 Å². The molecular formula is C20H20N2O. The van der Waals surface area contributed by atoms with Crippen LogP contribution in [0.15, 0.2) is 54.7 Å². The Bertz CT molecular complexity index is 878. The van der Waals surface area contributed by atoms with Gasteiger partial charge in [0.2, 0.25) is 0 Å². The van der Waals surface area contributed by atoms with Crippen LogP contribution >= 0.6 is 0 Å². The highest BCUT2D eigenvalue weighted by Gasteiger charge is 2.23. The monoisotopic (exact) mass is 304 g/mol. The molecule has 1 aliphatic rings. The van der Waals surface area contributed by atoms with Crippen molar-refractivity contribution in [2.75, 3.05) is 0 Å². The second kappa shape index (κ2) is 5.58. The molecule has 0 saturated heterocycles. The summed E-state index contributed by atoms with van der Waals surface area (Å²) in [5, 5.41) is 4.26. The summed E-state index contributed by atoms with van der Waals surface area (Å²) in [6.45, 7) is 0. The zero-order chi connectivity index (χ0) is 15.8. The summed E-state index contributed by atoms with van der Waals surface area (Å²) in [4.78, 5) is 12.8. The number of aromatic nitrogens is 1. The third-order valence-electron chi connectivity index (χ3n) is 4.82. The van der Waals surface area contributed by atoms with Crippen LogP contribution in [0.3, 0.4) is 0 Å². The molecule has 1 atom stereocenters. The lowest BCUT2D eigenvalue weighted by Crippen LogP contribution is -2.30. The Hall–Kier alpha value is -2.55. The Kier molecular flexibility index (Phi) is 3.41. The van der Waals surface area contributed by atoms with Crippen LogP contribution in [0.4, 0.5) is 0 Å². The standard InChI is InChI=1S/C20H20N2O/c1-22-13-17(16-10-4-5-12-19(16)22)20(23)21-18-11-6-8-14-7-2-3-9-15(14)18/h2-5,7,9-10,12-13,18H,6,8,11H2,1H3,(H,21,23)/t18-/m1/s1. The Labute approximate surface area is 135 Å². The SMILES string of the molecule is Cn1cc(C(=O)N[C@@H]2CCCc3ccccc32)c2ccccc21. The predicted octanol–water partition coefficient (Wildman–Crippen LogP) is 3.99. The van der Waals surface area contributed by atoms with Crippen molar-refractivity contribution in [2.24, 2.45) is 7.05 Å². The van der Waals surface area contributed by atoms with E-state index in [0.717, 1.165) is 35.7 Å². The van der Waals surface area contributed by atoms with Gasteiger partial charge in [-0.3, -0.25) is 4.79 Å². The summed E-state index contributed by atoms with van der Waals surface area (Å²) in [5.41, 5.74) is 4.47. The quantitative estimate of drug-likeness (QED) is 0.763. The molecule has 3 nitrogen and oxygen atoms in total. The van der Waals surface area contributed by atoms with Gasteiger partial charge in [-0.1, -0.05) is 42.5 Å². The number of carbonyl (C=O) groups excluding carboxylic acids is 1. The van der Waals surface area contributed by atoms with Gasteiger partial charge in [-0.05, 0) is 36.5 Å². The van der Waals surface area contributed by atoms with E-state index in [1.54, 1.807) is 0 Å². The molecule has 1 amide bonds. The van der Waals surface area contributed by atoms with Gasteiger partial charge >= 0.3 is 0 Å². The Balaban J connectivity index is 1.66. The number of hydrogen-bond donors (Lipinski definition) is 1. The molecule has 0 fully saturated rings. The number of benzene rings is 2. The van der Waals surface area contributed by atoms with E-state index in [9.17, 15) is 4.79 Å². The molecule has 2 aromatic carbocycles. The molecule has 0 aliphatic heterocycles. The zero-order valence-corrected chi connectivity index (χ0v) is 13.3. The van der Waals surface area contributed by atoms with Crippen LogP contribution < -0.4 is 5.32 Å². The van der Waals surface area contributed by atoms with Gasteiger partial charge in [-0.2, -0.15) is 0 Å². The third-order valence-corrected chi connectivity index (χ3v) is 4.82. The van der Waals surface area contributed by atoms with Crippen LogP contribution in [0, 0.1) is 0 Å². The van der Waals surface area contributed by atoms with Crippen LogP contribution in [0.5, 0.6) is 0 Å². The van der Waals surface area contributed by atoms with Gasteiger partial charge in [0.1, 0.15) is 0 Å². The maximum Gasteiger partial charge on any atom is 0.253 e. The van der Waals surface area contributed by atoms with Crippen molar-refractivity contribution in [3.05, 3.63) is 71.4 Å². The number of rotatable bonds is 2. The van der Waals surface area contributed by atoms with Crippen molar-refractivity contribution in [1.29, 1.82) is 0 Å². The maximum absolute atomic E-state index is 12.8. The van der Waals surface area contributed by atoms with Crippen LogP contribution in [0.2, 0.25) is 0 Å². The summed E-state index contributed by atoms with van der Waals surface area (Å²) < 4.78 is 2.01. The molecule has 23 heavy (non-hydrogen) atoms. The molecule has 0 unspecified atom stereocenters. The van der Waals surface area contributed by atoms with E-state index in [2.05, 4.69) is 29.6 Å². The van der Waals surface area contributed by atoms with Gasteiger partial charge in [0.25, 0.3) is 5.91 Å². The molecule has 1 N–H and O–H groups in total.